The SMILES string of the molecule is CCCn1c(=O)c(NC(=O)CCc2ccccc2)c(N)n(C)c1=O. The lowest BCUT2D eigenvalue weighted by Crippen LogP contribution is -2.42. The third kappa shape index (κ3) is 3.73. The Bertz CT molecular complexity index is 837. The highest BCUT2D eigenvalue weighted by Crippen LogP contribution is 2.11. The molecule has 7 heteroatoms. The van der Waals surface area contributed by atoms with E-state index in [4.69, 9.17) is 5.73 Å². The largest absolute Gasteiger partial charge is 0.383 e. The number of nitrogen functional groups attached to an aromatic ring is 1. The number of amides is 1. The lowest BCUT2D eigenvalue weighted by Gasteiger charge is -2.14. The van der Waals surface area contributed by atoms with Gasteiger partial charge in [-0.15, -0.1) is 0 Å². The summed E-state index contributed by atoms with van der Waals surface area (Å²) in [6, 6.07) is 9.58. The van der Waals surface area contributed by atoms with Gasteiger partial charge in [-0.1, -0.05) is 37.3 Å². The van der Waals surface area contributed by atoms with Crippen LogP contribution >= 0.6 is 0 Å². The van der Waals surface area contributed by atoms with Crippen LogP contribution in [0.2, 0.25) is 0 Å². The number of nitrogens with one attached hydrogen (secondary N) is 1. The number of aromatic nitrogens is 2. The van der Waals surface area contributed by atoms with Gasteiger partial charge in [-0.05, 0) is 18.4 Å². The molecule has 0 bridgehead atoms. The van der Waals surface area contributed by atoms with Crippen molar-refractivity contribution in [3.63, 3.8) is 0 Å². The second-order valence-corrected chi connectivity index (χ2v) is 5.59. The van der Waals surface area contributed by atoms with Gasteiger partial charge in [-0.2, -0.15) is 0 Å². The maximum Gasteiger partial charge on any atom is 0.332 e. The number of carbonyl (C=O) groups excluding carboxylic acids is 1. The minimum Gasteiger partial charge on any atom is -0.383 e. The molecule has 0 aliphatic carbocycles. The van der Waals surface area contributed by atoms with Crippen LogP contribution in [0, 0.1) is 0 Å². The molecule has 1 heterocycles. The third-order valence-corrected chi connectivity index (χ3v) is 3.79. The Kier molecular flexibility index (Phi) is 5.57. The second-order valence-electron chi connectivity index (χ2n) is 5.59. The molecule has 0 unspecified atom stereocenters. The highest BCUT2D eigenvalue weighted by atomic mass is 16.2. The first kappa shape index (κ1) is 17.5. The second kappa shape index (κ2) is 7.63. The molecule has 0 saturated carbocycles. The van der Waals surface area contributed by atoms with Gasteiger partial charge < -0.3 is 11.1 Å². The van der Waals surface area contributed by atoms with E-state index in [1.54, 1.807) is 0 Å². The standard InChI is InChI=1S/C17H22N4O3/c1-3-11-21-16(23)14(15(18)20(2)17(21)24)19-13(22)10-9-12-7-5-4-6-8-12/h4-8H,3,9-11,18H2,1-2H3,(H,19,22). The van der Waals surface area contributed by atoms with Crippen LogP contribution in [0.25, 0.3) is 0 Å². The molecule has 128 valence electrons. The normalized spacial score (nSPS) is 10.6. The number of hydrogen-bond acceptors (Lipinski definition) is 4. The summed E-state index contributed by atoms with van der Waals surface area (Å²) >= 11 is 0. The van der Waals surface area contributed by atoms with Crippen molar-refractivity contribution >= 4 is 17.4 Å². The Hall–Kier alpha value is -2.83. The molecule has 0 saturated heterocycles. The number of nitrogens with two attached hydrogens (primary N) is 1. The van der Waals surface area contributed by atoms with Gasteiger partial charge in [0.1, 0.15) is 11.5 Å². The van der Waals surface area contributed by atoms with E-state index in [1.165, 1.54) is 11.6 Å². The average Bonchev–Trinajstić information content (AvgIpc) is 2.60. The fourth-order valence-corrected chi connectivity index (χ4v) is 2.43. The monoisotopic (exact) mass is 330 g/mol. The van der Waals surface area contributed by atoms with E-state index in [1.807, 2.05) is 37.3 Å². The smallest absolute Gasteiger partial charge is 0.332 e. The summed E-state index contributed by atoms with van der Waals surface area (Å²) in [6.07, 6.45) is 1.40. The zero-order valence-electron chi connectivity index (χ0n) is 13.9. The first-order chi connectivity index (χ1) is 11.5. The molecule has 0 aliphatic heterocycles. The van der Waals surface area contributed by atoms with Crippen LogP contribution in [-0.4, -0.2) is 15.0 Å². The summed E-state index contributed by atoms with van der Waals surface area (Å²) in [5.41, 5.74) is 5.78. The van der Waals surface area contributed by atoms with E-state index in [9.17, 15) is 14.4 Å². The van der Waals surface area contributed by atoms with E-state index in [0.29, 0.717) is 12.8 Å². The van der Waals surface area contributed by atoms with Gasteiger partial charge in [0.15, 0.2) is 0 Å². The summed E-state index contributed by atoms with van der Waals surface area (Å²) in [6.45, 7) is 2.14. The molecule has 0 atom stereocenters. The lowest BCUT2D eigenvalue weighted by atomic mass is 10.1. The predicted molar refractivity (Wildman–Crippen MR) is 94.0 cm³/mol. The molecule has 2 rings (SSSR count). The van der Waals surface area contributed by atoms with Crippen molar-refractivity contribution in [1.82, 2.24) is 9.13 Å². The van der Waals surface area contributed by atoms with E-state index in [2.05, 4.69) is 5.32 Å². The summed E-state index contributed by atoms with van der Waals surface area (Å²) in [7, 11) is 1.48. The van der Waals surface area contributed by atoms with Gasteiger partial charge in [0.25, 0.3) is 5.56 Å². The number of rotatable bonds is 6. The van der Waals surface area contributed by atoms with Gasteiger partial charge in [-0.25, -0.2) is 4.79 Å². The average molecular weight is 330 g/mol. The summed E-state index contributed by atoms with van der Waals surface area (Å²) in [4.78, 5) is 36.7. The van der Waals surface area contributed by atoms with Gasteiger partial charge in [0.2, 0.25) is 5.91 Å². The molecule has 0 radical (unpaired) electrons. The Morgan fingerprint density at radius 2 is 1.88 bits per heavy atom. The fourth-order valence-electron chi connectivity index (χ4n) is 2.43. The number of anilines is 2. The van der Waals surface area contributed by atoms with Crippen molar-refractivity contribution in [1.29, 1.82) is 0 Å². The molecule has 0 fully saturated rings. The van der Waals surface area contributed by atoms with E-state index in [-0.39, 0.29) is 30.4 Å². The van der Waals surface area contributed by atoms with E-state index in [0.717, 1.165) is 10.1 Å². The highest BCUT2D eigenvalue weighted by Gasteiger charge is 2.16. The summed E-state index contributed by atoms with van der Waals surface area (Å²) in [5.74, 6) is -0.352. The van der Waals surface area contributed by atoms with Gasteiger partial charge in [0.05, 0.1) is 0 Å². The maximum absolute atomic E-state index is 12.4. The van der Waals surface area contributed by atoms with E-state index < -0.39 is 11.2 Å². The molecule has 1 amide bonds. The zero-order chi connectivity index (χ0) is 17.7. The Morgan fingerprint density at radius 3 is 2.50 bits per heavy atom. The number of carbonyl (C=O) groups is 1. The van der Waals surface area contributed by atoms with Crippen LogP contribution in [0.5, 0.6) is 0 Å². The Morgan fingerprint density at radius 1 is 1.21 bits per heavy atom. The van der Waals surface area contributed by atoms with Crippen LogP contribution < -0.4 is 22.3 Å². The first-order valence-corrected chi connectivity index (χ1v) is 7.88. The molecule has 3 N–H and O–H groups in total. The highest BCUT2D eigenvalue weighted by molar-refractivity contribution is 5.93. The Balaban J connectivity index is 2.21. The lowest BCUT2D eigenvalue weighted by molar-refractivity contribution is -0.116. The molecule has 2 aromatic rings. The van der Waals surface area contributed by atoms with Crippen molar-refractivity contribution in [2.45, 2.75) is 32.7 Å². The van der Waals surface area contributed by atoms with Crippen molar-refractivity contribution < 1.29 is 4.79 Å². The number of benzene rings is 1. The minimum absolute atomic E-state index is 0.0367. The number of hydrogen-bond donors (Lipinski definition) is 2. The summed E-state index contributed by atoms with van der Waals surface area (Å²) < 4.78 is 2.26. The van der Waals surface area contributed by atoms with Crippen LogP contribution in [0.4, 0.5) is 11.5 Å². The molecular weight excluding hydrogens is 308 g/mol. The van der Waals surface area contributed by atoms with Crippen molar-refractivity contribution in [2.24, 2.45) is 7.05 Å². The minimum atomic E-state index is -0.564. The van der Waals surface area contributed by atoms with Gasteiger partial charge >= 0.3 is 5.69 Å². The molecule has 0 spiro atoms. The molecule has 7 nitrogen and oxygen atoms in total. The number of nitrogens with zero attached hydrogens (tertiary/aromatic N) is 2. The van der Waals surface area contributed by atoms with Gasteiger partial charge in [0, 0.05) is 20.0 Å². The third-order valence-electron chi connectivity index (χ3n) is 3.79. The molecule has 1 aromatic heterocycles. The van der Waals surface area contributed by atoms with E-state index >= 15 is 0 Å². The van der Waals surface area contributed by atoms with Crippen LogP contribution in [0.1, 0.15) is 25.3 Å². The van der Waals surface area contributed by atoms with Crippen molar-refractivity contribution in [2.75, 3.05) is 11.1 Å². The fraction of sp³-hybridized carbons (Fsp3) is 0.353. The molecule has 0 aliphatic rings. The maximum atomic E-state index is 12.4. The van der Waals surface area contributed by atoms with Gasteiger partial charge in [-0.3, -0.25) is 18.7 Å². The van der Waals surface area contributed by atoms with Crippen LogP contribution in [0.15, 0.2) is 39.9 Å². The molecule has 1 aromatic carbocycles. The predicted octanol–water partition coefficient (Wildman–Crippen LogP) is 1.11. The zero-order valence-corrected chi connectivity index (χ0v) is 13.9. The van der Waals surface area contributed by atoms with Crippen molar-refractivity contribution in [3.8, 4) is 0 Å². The van der Waals surface area contributed by atoms with Crippen LogP contribution in [-0.2, 0) is 24.8 Å². The Labute approximate surface area is 139 Å². The summed E-state index contributed by atoms with van der Waals surface area (Å²) in [5, 5.41) is 2.56. The van der Waals surface area contributed by atoms with Crippen LogP contribution in [0.3, 0.4) is 0 Å². The first-order valence-electron chi connectivity index (χ1n) is 7.88. The number of aryl methyl sites for hydroxylation is 1. The quantitative estimate of drug-likeness (QED) is 0.829. The molecular formula is C17H22N4O3. The molecule has 24 heavy (non-hydrogen) atoms. The topological polar surface area (TPSA) is 99.1 Å². The van der Waals surface area contributed by atoms with Crippen molar-refractivity contribution in [3.05, 3.63) is 56.7 Å².